The number of allylic oxidation sites excluding steroid dienone is 1. The van der Waals surface area contributed by atoms with E-state index in [-0.39, 0.29) is 0 Å². The van der Waals surface area contributed by atoms with E-state index in [0.717, 1.165) is 19.1 Å². The third-order valence-corrected chi connectivity index (χ3v) is 5.26. The molecule has 3 rings (SSSR count). The highest BCUT2D eigenvalue weighted by atomic mass is 15.3. The minimum absolute atomic E-state index is 0.495. The van der Waals surface area contributed by atoms with Gasteiger partial charge in [-0.2, -0.15) is 5.10 Å². The van der Waals surface area contributed by atoms with Gasteiger partial charge < -0.3 is 0 Å². The molecule has 0 amide bonds. The topological polar surface area (TPSA) is 21.1 Å². The summed E-state index contributed by atoms with van der Waals surface area (Å²) >= 11 is 0. The number of aryl methyl sites for hydroxylation is 1. The smallest absolute Gasteiger partial charge is 0.0638 e. The summed E-state index contributed by atoms with van der Waals surface area (Å²) in [4.78, 5) is 2.71. The minimum Gasteiger partial charge on any atom is -0.295 e. The molecular weight excluding hydrogens is 258 g/mol. The van der Waals surface area contributed by atoms with Crippen molar-refractivity contribution in [3.05, 3.63) is 30.1 Å². The van der Waals surface area contributed by atoms with Crippen LogP contribution in [0.5, 0.6) is 0 Å². The molecule has 2 aliphatic rings. The monoisotopic (exact) mass is 287 g/mol. The van der Waals surface area contributed by atoms with Crippen molar-refractivity contribution in [2.24, 2.45) is 10.8 Å². The SMILES string of the molecule is C=CCn1cc(CN2C[C@@]3(C)C[C@@H]2CC(C)(C)C3)c(C)n1. The molecule has 1 aromatic rings. The van der Waals surface area contributed by atoms with E-state index in [4.69, 9.17) is 0 Å². The molecule has 1 saturated heterocycles. The van der Waals surface area contributed by atoms with E-state index in [1.54, 1.807) is 0 Å². The zero-order valence-corrected chi connectivity index (χ0v) is 14.0. The predicted octanol–water partition coefficient (Wildman–Crippen LogP) is 3.78. The van der Waals surface area contributed by atoms with Crippen LogP contribution in [0.4, 0.5) is 0 Å². The number of rotatable bonds is 4. The molecule has 116 valence electrons. The lowest BCUT2D eigenvalue weighted by molar-refractivity contribution is 0.126. The normalized spacial score (nSPS) is 31.5. The zero-order valence-electron chi connectivity index (χ0n) is 14.0. The second-order valence-electron chi connectivity index (χ2n) is 8.37. The average molecular weight is 287 g/mol. The summed E-state index contributed by atoms with van der Waals surface area (Å²) in [6.45, 7) is 16.4. The molecule has 2 fully saturated rings. The Hall–Kier alpha value is -1.09. The summed E-state index contributed by atoms with van der Waals surface area (Å²) in [5, 5.41) is 4.59. The Morgan fingerprint density at radius 3 is 2.86 bits per heavy atom. The van der Waals surface area contributed by atoms with Gasteiger partial charge in [-0.3, -0.25) is 9.58 Å². The maximum absolute atomic E-state index is 4.59. The van der Waals surface area contributed by atoms with Gasteiger partial charge in [0.15, 0.2) is 0 Å². The van der Waals surface area contributed by atoms with Crippen molar-refractivity contribution < 1.29 is 0 Å². The summed E-state index contributed by atoms with van der Waals surface area (Å²) in [5.41, 5.74) is 3.56. The van der Waals surface area contributed by atoms with Gasteiger partial charge >= 0.3 is 0 Å². The summed E-state index contributed by atoms with van der Waals surface area (Å²) in [7, 11) is 0. The van der Waals surface area contributed by atoms with Crippen LogP contribution >= 0.6 is 0 Å². The maximum atomic E-state index is 4.59. The van der Waals surface area contributed by atoms with E-state index in [1.807, 2.05) is 10.8 Å². The fraction of sp³-hybridized carbons (Fsp3) is 0.722. The highest BCUT2D eigenvalue weighted by Gasteiger charge is 2.49. The fourth-order valence-electron chi connectivity index (χ4n) is 4.92. The van der Waals surface area contributed by atoms with Crippen LogP contribution in [0.2, 0.25) is 0 Å². The van der Waals surface area contributed by atoms with E-state index in [0.29, 0.717) is 10.8 Å². The van der Waals surface area contributed by atoms with Crippen molar-refractivity contribution >= 4 is 0 Å². The fourth-order valence-corrected chi connectivity index (χ4v) is 4.92. The van der Waals surface area contributed by atoms with Gasteiger partial charge in [-0.1, -0.05) is 26.8 Å². The number of fused-ring (bicyclic) bond motifs is 2. The van der Waals surface area contributed by atoms with Crippen LogP contribution in [-0.2, 0) is 13.1 Å². The quantitative estimate of drug-likeness (QED) is 0.786. The lowest BCUT2D eigenvalue weighted by Crippen LogP contribution is -2.34. The Morgan fingerprint density at radius 2 is 2.14 bits per heavy atom. The zero-order chi connectivity index (χ0) is 15.3. The van der Waals surface area contributed by atoms with Gasteiger partial charge in [0.25, 0.3) is 0 Å². The molecule has 2 bridgehead atoms. The highest BCUT2D eigenvalue weighted by Crippen LogP contribution is 2.52. The van der Waals surface area contributed by atoms with Crippen LogP contribution in [0.1, 0.15) is 51.3 Å². The first-order chi connectivity index (χ1) is 9.80. The molecule has 0 unspecified atom stereocenters. The van der Waals surface area contributed by atoms with E-state index < -0.39 is 0 Å². The van der Waals surface area contributed by atoms with Crippen molar-refractivity contribution in [3.63, 3.8) is 0 Å². The van der Waals surface area contributed by atoms with Crippen molar-refractivity contribution in [1.29, 1.82) is 0 Å². The van der Waals surface area contributed by atoms with Gasteiger partial charge in [0.05, 0.1) is 12.2 Å². The lowest BCUT2D eigenvalue weighted by atomic mass is 9.65. The molecule has 0 spiro atoms. The molecule has 1 saturated carbocycles. The van der Waals surface area contributed by atoms with Gasteiger partial charge in [-0.05, 0) is 37.0 Å². The molecule has 1 aromatic heterocycles. The molecule has 2 atom stereocenters. The van der Waals surface area contributed by atoms with Gasteiger partial charge in [-0.25, -0.2) is 0 Å². The van der Waals surface area contributed by atoms with Crippen molar-refractivity contribution in [3.8, 4) is 0 Å². The van der Waals surface area contributed by atoms with Crippen LogP contribution in [0, 0.1) is 17.8 Å². The molecule has 2 heterocycles. The van der Waals surface area contributed by atoms with E-state index in [2.05, 4.69) is 50.5 Å². The first kappa shape index (κ1) is 14.8. The standard InChI is InChI=1S/C18H29N3/c1-6-7-21-11-15(14(2)19-21)10-20-13-18(5)9-16(20)8-17(3,4)12-18/h6,11,16H,1,7-10,12-13H2,2-5H3/t16-,18-/m0/s1. The average Bonchev–Trinajstić information content (AvgIpc) is 2.77. The number of hydrogen-bond donors (Lipinski definition) is 0. The van der Waals surface area contributed by atoms with Crippen molar-refractivity contribution in [2.75, 3.05) is 6.54 Å². The Labute approximate surface area is 129 Å². The van der Waals surface area contributed by atoms with Crippen molar-refractivity contribution in [2.45, 2.75) is 66.1 Å². The van der Waals surface area contributed by atoms with Crippen LogP contribution in [0.25, 0.3) is 0 Å². The number of nitrogens with zero attached hydrogens (tertiary/aromatic N) is 3. The largest absolute Gasteiger partial charge is 0.295 e. The molecule has 3 nitrogen and oxygen atoms in total. The van der Waals surface area contributed by atoms with Gasteiger partial charge in [0.1, 0.15) is 0 Å². The third-order valence-electron chi connectivity index (χ3n) is 5.26. The first-order valence-electron chi connectivity index (χ1n) is 8.18. The molecule has 21 heavy (non-hydrogen) atoms. The summed E-state index contributed by atoms with van der Waals surface area (Å²) < 4.78 is 2.01. The Kier molecular flexibility index (Phi) is 3.52. The first-order valence-corrected chi connectivity index (χ1v) is 8.18. The summed E-state index contributed by atoms with van der Waals surface area (Å²) in [6.07, 6.45) is 8.18. The maximum Gasteiger partial charge on any atom is 0.0638 e. The molecule has 0 aromatic carbocycles. The minimum atomic E-state index is 0.495. The van der Waals surface area contributed by atoms with Crippen LogP contribution in [-0.4, -0.2) is 27.3 Å². The molecule has 0 N–H and O–H groups in total. The van der Waals surface area contributed by atoms with E-state index in [9.17, 15) is 0 Å². The van der Waals surface area contributed by atoms with Crippen molar-refractivity contribution in [1.82, 2.24) is 14.7 Å². The molecule has 1 aliphatic carbocycles. The van der Waals surface area contributed by atoms with E-state index in [1.165, 1.54) is 37.1 Å². The van der Waals surface area contributed by atoms with E-state index >= 15 is 0 Å². The predicted molar refractivity (Wildman–Crippen MR) is 87.1 cm³/mol. The van der Waals surface area contributed by atoms with Crippen LogP contribution < -0.4 is 0 Å². The molecule has 3 heteroatoms. The van der Waals surface area contributed by atoms with Gasteiger partial charge in [0.2, 0.25) is 0 Å². The third kappa shape index (κ3) is 2.94. The number of likely N-dealkylation sites (tertiary alicyclic amines) is 1. The number of hydrogen-bond acceptors (Lipinski definition) is 2. The second-order valence-corrected chi connectivity index (χ2v) is 8.37. The lowest BCUT2D eigenvalue weighted by Gasteiger charge is -2.39. The molecule has 0 radical (unpaired) electrons. The van der Waals surface area contributed by atoms with Crippen LogP contribution in [0.15, 0.2) is 18.9 Å². The summed E-state index contributed by atoms with van der Waals surface area (Å²) in [5.74, 6) is 0. The Morgan fingerprint density at radius 1 is 1.38 bits per heavy atom. The second kappa shape index (κ2) is 4.98. The molecular formula is C18H29N3. The van der Waals surface area contributed by atoms with Gasteiger partial charge in [0, 0.05) is 30.9 Å². The van der Waals surface area contributed by atoms with Gasteiger partial charge in [-0.15, -0.1) is 6.58 Å². The summed E-state index contributed by atoms with van der Waals surface area (Å²) in [6, 6.07) is 0.751. The Balaban J connectivity index is 1.76. The van der Waals surface area contributed by atoms with Crippen LogP contribution in [0.3, 0.4) is 0 Å². The highest BCUT2D eigenvalue weighted by molar-refractivity contribution is 5.17. The number of aromatic nitrogens is 2. The Bertz CT molecular complexity index is 543. The molecule has 1 aliphatic heterocycles.